The Hall–Kier alpha value is -2.91. The van der Waals surface area contributed by atoms with Crippen LogP contribution >= 0.6 is 0 Å². The van der Waals surface area contributed by atoms with Crippen molar-refractivity contribution in [2.75, 3.05) is 13.1 Å². The molecule has 2 aliphatic heterocycles. The standard InChI is InChI=1S/C29H32N2O/c1-28(2,3)22-14-16-23(17-15-22)29(32)26(20-21-10-5-4-6-11-21)24-12-7-8-13-25(24)27-30-18-9-19-31(27)29/h4-8,10-17,26,32H,9,18-20H2,1-3H3. The fourth-order valence-electron chi connectivity index (χ4n) is 5.25. The normalized spacial score (nSPS) is 22.7. The lowest BCUT2D eigenvalue weighted by molar-refractivity contribution is -0.106. The lowest BCUT2D eigenvalue weighted by Crippen LogP contribution is -2.58. The Morgan fingerprint density at radius 3 is 2.34 bits per heavy atom. The van der Waals surface area contributed by atoms with E-state index in [1.165, 1.54) is 16.7 Å². The van der Waals surface area contributed by atoms with E-state index in [-0.39, 0.29) is 11.3 Å². The van der Waals surface area contributed by atoms with Crippen LogP contribution in [0.2, 0.25) is 0 Å². The molecule has 3 aromatic rings. The Kier molecular flexibility index (Phi) is 5.17. The van der Waals surface area contributed by atoms with E-state index in [4.69, 9.17) is 4.99 Å². The maximum atomic E-state index is 12.6. The molecule has 0 aromatic heterocycles. The van der Waals surface area contributed by atoms with Gasteiger partial charge in [-0.15, -0.1) is 0 Å². The summed E-state index contributed by atoms with van der Waals surface area (Å²) in [6.45, 7) is 8.28. The average Bonchev–Trinajstić information content (AvgIpc) is 2.82. The van der Waals surface area contributed by atoms with E-state index in [0.717, 1.165) is 42.9 Å². The molecule has 3 nitrogen and oxygen atoms in total. The Morgan fingerprint density at radius 2 is 1.62 bits per heavy atom. The van der Waals surface area contributed by atoms with Gasteiger partial charge in [0.15, 0.2) is 5.72 Å². The first kappa shape index (κ1) is 21.0. The van der Waals surface area contributed by atoms with Crippen LogP contribution in [0, 0.1) is 0 Å². The maximum Gasteiger partial charge on any atom is 0.172 e. The Bertz CT molecular complexity index is 1130. The number of aliphatic imine (C=N–C) groups is 1. The third-order valence-electron chi connectivity index (χ3n) is 6.99. The number of aliphatic hydroxyl groups is 1. The van der Waals surface area contributed by atoms with Crippen LogP contribution in [0.4, 0.5) is 0 Å². The zero-order valence-corrected chi connectivity index (χ0v) is 19.3. The number of rotatable bonds is 3. The molecule has 2 aliphatic rings. The van der Waals surface area contributed by atoms with Crippen molar-refractivity contribution in [3.05, 3.63) is 107 Å². The third-order valence-corrected chi connectivity index (χ3v) is 6.99. The number of benzene rings is 3. The molecule has 3 aromatic carbocycles. The van der Waals surface area contributed by atoms with Crippen molar-refractivity contribution >= 4 is 5.84 Å². The highest BCUT2D eigenvalue weighted by Gasteiger charge is 2.51. The molecule has 0 aliphatic carbocycles. The first-order valence-corrected chi connectivity index (χ1v) is 11.7. The molecule has 3 heteroatoms. The summed E-state index contributed by atoms with van der Waals surface area (Å²) in [5.74, 6) is 0.831. The highest BCUT2D eigenvalue weighted by atomic mass is 16.3. The number of hydrogen-bond acceptors (Lipinski definition) is 3. The zero-order valence-electron chi connectivity index (χ0n) is 19.3. The molecule has 0 fully saturated rings. The lowest BCUT2D eigenvalue weighted by Gasteiger charge is -2.52. The molecule has 32 heavy (non-hydrogen) atoms. The topological polar surface area (TPSA) is 35.8 Å². The molecule has 0 saturated carbocycles. The molecule has 164 valence electrons. The second kappa shape index (κ2) is 7.90. The molecule has 5 rings (SSSR count). The van der Waals surface area contributed by atoms with E-state index in [1.807, 2.05) is 6.07 Å². The van der Waals surface area contributed by atoms with Gasteiger partial charge in [0.05, 0.1) is 0 Å². The summed E-state index contributed by atoms with van der Waals surface area (Å²) < 4.78 is 0. The predicted molar refractivity (Wildman–Crippen MR) is 131 cm³/mol. The molecule has 0 radical (unpaired) electrons. The quantitative estimate of drug-likeness (QED) is 0.592. The second-order valence-corrected chi connectivity index (χ2v) is 10.1. The third kappa shape index (κ3) is 3.45. The van der Waals surface area contributed by atoms with Crippen LogP contribution in [-0.4, -0.2) is 28.9 Å². The molecule has 0 amide bonds. The first-order valence-electron chi connectivity index (χ1n) is 11.7. The van der Waals surface area contributed by atoms with Gasteiger partial charge in [0.25, 0.3) is 0 Å². The van der Waals surface area contributed by atoms with Crippen molar-refractivity contribution in [2.45, 2.75) is 50.7 Å². The van der Waals surface area contributed by atoms with Gasteiger partial charge in [0, 0.05) is 30.1 Å². The molecular formula is C29H32N2O. The summed E-state index contributed by atoms with van der Waals surface area (Å²) in [5, 5.41) is 12.6. The minimum atomic E-state index is -1.15. The van der Waals surface area contributed by atoms with E-state index < -0.39 is 5.72 Å². The number of fused-ring (bicyclic) bond motifs is 3. The van der Waals surface area contributed by atoms with Gasteiger partial charge < -0.3 is 10.0 Å². The summed E-state index contributed by atoms with van der Waals surface area (Å²) in [4.78, 5) is 7.06. The largest absolute Gasteiger partial charge is 0.366 e. The summed E-state index contributed by atoms with van der Waals surface area (Å²) >= 11 is 0. The fraction of sp³-hybridized carbons (Fsp3) is 0.345. The van der Waals surface area contributed by atoms with Crippen LogP contribution in [0.15, 0.2) is 83.9 Å². The van der Waals surface area contributed by atoms with Crippen LogP contribution in [0.25, 0.3) is 0 Å². The van der Waals surface area contributed by atoms with E-state index in [0.29, 0.717) is 0 Å². The van der Waals surface area contributed by atoms with Gasteiger partial charge >= 0.3 is 0 Å². The van der Waals surface area contributed by atoms with Crippen LogP contribution in [0.5, 0.6) is 0 Å². The first-order chi connectivity index (χ1) is 15.4. The zero-order chi connectivity index (χ0) is 22.3. The van der Waals surface area contributed by atoms with Gasteiger partial charge in [-0.05, 0) is 34.9 Å². The predicted octanol–water partition coefficient (Wildman–Crippen LogP) is 5.62. The summed E-state index contributed by atoms with van der Waals surface area (Å²) in [7, 11) is 0. The monoisotopic (exact) mass is 424 g/mol. The SMILES string of the molecule is CC(C)(C)c1ccc(C2(O)C(Cc3ccccc3)c3ccccc3C3=NCCCN32)cc1. The van der Waals surface area contributed by atoms with Crippen molar-refractivity contribution < 1.29 is 5.11 Å². The number of amidine groups is 1. The van der Waals surface area contributed by atoms with Crippen molar-refractivity contribution in [1.82, 2.24) is 4.90 Å². The van der Waals surface area contributed by atoms with E-state index >= 15 is 0 Å². The molecular weight excluding hydrogens is 392 g/mol. The van der Waals surface area contributed by atoms with Gasteiger partial charge in [0.2, 0.25) is 0 Å². The second-order valence-electron chi connectivity index (χ2n) is 10.1. The minimum Gasteiger partial charge on any atom is -0.366 e. The van der Waals surface area contributed by atoms with Gasteiger partial charge in [-0.1, -0.05) is 99.6 Å². The fourth-order valence-corrected chi connectivity index (χ4v) is 5.25. The van der Waals surface area contributed by atoms with Crippen molar-refractivity contribution in [3.63, 3.8) is 0 Å². The highest BCUT2D eigenvalue weighted by molar-refractivity contribution is 6.02. The Labute approximate surface area is 191 Å². The number of nitrogens with zero attached hydrogens (tertiary/aromatic N) is 2. The van der Waals surface area contributed by atoms with E-state index in [1.54, 1.807) is 0 Å². The van der Waals surface area contributed by atoms with E-state index in [2.05, 4.69) is 98.5 Å². The summed E-state index contributed by atoms with van der Waals surface area (Å²) in [5.41, 5.74) is 4.69. The Morgan fingerprint density at radius 1 is 0.938 bits per heavy atom. The molecule has 2 unspecified atom stereocenters. The van der Waals surface area contributed by atoms with Crippen molar-refractivity contribution in [2.24, 2.45) is 4.99 Å². The van der Waals surface area contributed by atoms with Crippen LogP contribution in [-0.2, 0) is 17.6 Å². The van der Waals surface area contributed by atoms with Gasteiger partial charge in [-0.3, -0.25) is 4.99 Å². The molecule has 0 spiro atoms. The average molecular weight is 425 g/mol. The summed E-state index contributed by atoms with van der Waals surface area (Å²) in [6, 6.07) is 27.6. The van der Waals surface area contributed by atoms with Crippen LogP contribution in [0.1, 0.15) is 60.9 Å². The van der Waals surface area contributed by atoms with Crippen LogP contribution < -0.4 is 0 Å². The van der Waals surface area contributed by atoms with Crippen molar-refractivity contribution in [3.8, 4) is 0 Å². The van der Waals surface area contributed by atoms with Gasteiger partial charge in [-0.2, -0.15) is 0 Å². The van der Waals surface area contributed by atoms with Crippen LogP contribution in [0.3, 0.4) is 0 Å². The van der Waals surface area contributed by atoms with Gasteiger partial charge in [0.1, 0.15) is 5.84 Å². The van der Waals surface area contributed by atoms with E-state index in [9.17, 15) is 5.11 Å². The summed E-state index contributed by atoms with van der Waals surface area (Å²) in [6.07, 6.45) is 1.71. The maximum absolute atomic E-state index is 12.6. The minimum absolute atomic E-state index is 0.0709. The molecule has 0 bridgehead atoms. The molecule has 1 N–H and O–H groups in total. The Balaban J connectivity index is 1.70. The molecule has 2 heterocycles. The smallest absolute Gasteiger partial charge is 0.172 e. The molecule has 2 atom stereocenters. The lowest BCUT2D eigenvalue weighted by atomic mass is 9.73. The van der Waals surface area contributed by atoms with Gasteiger partial charge in [-0.25, -0.2) is 0 Å². The highest BCUT2D eigenvalue weighted by Crippen LogP contribution is 2.48. The molecule has 0 saturated heterocycles. The number of hydrogen-bond donors (Lipinski definition) is 1. The van der Waals surface area contributed by atoms with Crippen molar-refractivity contribution in [1.29, 1.82) is 0 Å².